The maximum absolute atomic E-state index is 6.18. The van der Waals surface area contributed by atoms with Gasteiger partial charge in [0.15, 0.2) is 5.82 Å². The van der Waals surface area contributed by atoms with Crippen molar-refractivity contribution in [3.8, 4) is 0 Å². The lowest BCUT2D eigenvalue weighted by Crippen LogP contribution is -2.23. The van der Waals surface area contributed by atoms with Crippen LogP contribution in [0.3, 0.4) is 0 Å². The maximum Gasteiger partial charge on any atom is 0.243 e. The highest BCUT2D eigenvalue weighted by Gasteiger charge is 2.26. The smallest absolute Gasteiger partial charge is 0.243 e. The van der Waals surface area contributed by atoms with Gasteiger partial charge in [-0.25, -0.2) is 0 Å². The van der Waals surface area contributed by atoms with E-state index in [1.54, 1.807) is 11.8 Å². The van der Waals surface area contributed by atoms with Gasteiger partial charge in [0.05, 0.1) is 11.8 Å². The van der Waals surface area contributed by atoms with Gasteiger partial charge in [0.25, 0.3) is 0 Å². The van der Waals surface area contributed by atoms with Crippen molar-refractivity contribution in [3.63, 3.8) is 0 Å². The lowest BCUT2D eigenvalue weighted by atomic mass is 9.84. The molecule has 0 saturated heterocycles. The summed E-state index contributed by atoms with van der Waals surface area (Å²) in [7, 11) is 0. The van der Waals surface area contributed by atoms with E-state index in [2.05, 4.69) is 10.1 Å². The van der Waals surface area contributed by atoms with Crippen LogP contribution in [0.5, 0.6) is 0 Å². The van der Waals surface area contributed by atoms with Crippen LogP contribution in [0.2, 0.25) is 0 Å². The monoisotopic (exact) mass is 241 g/mol. The molecule has 1 heterocycles. The zero-order valence-electron chi connectivity index (χ0n) is 9.69. The molecule has 0 spiro atoms. The van der Waals surface area contributed by atoms with Crippen LogP contribution in [0, 0.1) is 5.92 Å². The minimum atomic E-state index is -0.0663. The lowest BCUT2D eigenvalue weighted by Gasteiger charge is -2.24. The fourth-order valence-electron chi connectivity index (χ4n) is 2.29. The van der Waals surface area contributed by atoms with Crippen molar-refractivity contribution in [2.45, 2.75) is 43.9 Å². The van der Waals surface area contributed by atoms with Crippen molar-refractivity contribution in [2.75, 3.05) is 6.26 Å². The molecule has 1 fully saturated rings. The van der Waals surface area contributed by atoms with Gasteiger partial charge in [-0.2, -0.15) is 16.7 Å². The van der Waals surface area contributed by atoms with Gasteiger partial charge in [-0.15, -0.1) is 0 Å². The molecule has 0 bridgehead atoms. The minimum Gasteiger partial charge on any atom is -0.338 e. The second kappa shape index (κ2) is 5.68. The summed E-state index contributed by atoms with van der Waals surface area (Å²) in [5.41, 5.74) is 6.18. The third-order valence-corrected chi connectivity index (χ3v) is 3.75. The zero-order valence-corrected chi connectivity index (χ0v) is 10.5. The molecule has 4 nitrogen and oxygen atoms in total. The van der Waals surface area contributed by atoms with Gasteiger partial charge < -0.3 is 10.3 Å². The molecular weight excluding hydrogens is 222 g/mol. The summed E-state index contributed by atoms with van der Waals surface area (Å²) in [5.74, 6) is 2.70. The van der Waals surface area contributed by atoms with Crippen LogP contribution in [-0.4, -0.2) is 16.4 Å². The number of hydrogen-bond donors (Lipinski definition) is 1. The number of hydrogen-bond acceptors (Lipinski definition) is 5. The van der Waals surface area contributed by atoms with E-state index in [0.29, 0.717) is 11.8 Å². The molecule has 16 heavy (non-hydrogen) atoms. The quantitative estimate of drug-likeness (QED) is 0.877. The van der Waals surface area contributed by atoms with Gasteiger partial charge in [-0.1, -0.05) is 24.4 Å². The van der Waals surface area contributed by atoms with Gasteiger partial charge in [0, 0.05) is 0 Å². The van der Waals surface area contributed by atoms with Crippen LogP contribution >= 0.6 is 11.8 Å². The Kier molecular flexibility index (Phi) is 4.23. The van der Waals surface area contributed by atoms with E-state index in [0.717, 1.165) is 11.6 Å². The van der Waals surface area contributed by atoms with Crippen LogP contribution in [-0.2, 0) is 5.75 Å². The highest BCUT2D eigenvalue weighted by atomic mass is 32.2. The number of nitrogens with zero attached hydrogens (tertiary/aromatic N) is 2. The van der Waals surface area contributed by atoms with Gasteiger partial charge in [0.1, 0.15) is 0 Å². The van der Waals surface area contributed by atoms with Crippen molar-refractivity contribution < 1.29 is 4.52 Å². The molecule has 90 valence electrons. The van der Waals surface area contributed by atoms with Crippen molar-refractivity contribution in [2.24, 2.45) is 11.7 Å². The first-order chi connectivity index (χ1) is 7.81. The first-order valence-electron chi connectivity index (χ1n) is 5.88. The van der Waals surface area contributed by atoms with Gasteiger partial charge in [-0.3, -0.25) is 0 Å². The van der Waals surface area contributed by atoms with Gasteiger partial charge in [-0.05, 0) is 25.0 Å². The molecular formula is C11H19N3OS. The standard InChI is InChI=1S/C11H19N3OS/c1-16-7-9-13-11(15-14-9)10(12)8-5-3-2-4-6-8/h8,10H,2-7,12H2,1H3. The molecule has 0 radical (unpaired) electrons. The van der Waals surface area contributed by atoms with Gasteiger partial charge in [0.2, 0.25) is 5.89 Å². The van der Waals surface area contributed by atoms with E-state index in [-0.39, 0.29) is 6.04 Å². The largest absolute Gasteiger partial charge is 0.338 e. The maximum atomic E-state index is 6.18. The minimum absolute atomic E-state index is 0.0663. The highest BCUT2D eigenvalue weighted by Crippen LogP contribution is 2.32. The Hall–Kier alpha value is -0.550. The summed E-state index contributed by atoms with van der Waals surface area (Å²) < 4.78 is 5.23. The van der Waals surface area contributed by atoms with E-state index in [4.69, 9.17) is 10.3 Å². The molecule has 2 rings (SSSR count). The van der Waals surface area contributed by atoms with E-state index in [9.17, 15) is 0 Å². The van der Waals surface area contributed by atoms with E-state index in [1.807, 2.05) is 6.26 Å². The lowest BCUT2D eigenvalue weighted by molar-refractivity contribution is 0.255. The number of rotatable bonds is 4. The SMILES string of the molecule is CSCc1noc(C(N)C2CCCCC2)n1. The Bertz CT molecular complexity index is 323. The molecule has 1 aliphatic carbocycles. The second-order valence-electron chi connectivity index (χ2n) is 4.41. The molecule has 5 heteroatoms. The summed E-state index contributed by atoms with van der Waals surface area (Å²) in [4.78, 5) is 4.35. The van der Waals surface area contributed by atoms with Crippen LogP contribution in [0.25, 0.3) is 0 Å². The fourth-order valence-corrected chi connectivity index (χ4v) is 2.66. The average molecular weight is 241 g/mol. The molecule has 0 aliphatic heterocycles. The van der Waals surface area contributed by atoms with E-state index in [1.165, 1.54) is 32.1 Å². The Balaban J connectivity index is 1.98. The molecule has 1 saturated carbocycles. The van der Waals surface area contributed by atoms with Crippen molar-refractivity contribution in [3.05, 3.63) is 11.7 Å². The number of thioether (sulfide) groups is 1. The number of aromatic nitrogens is 2. The summed E-state index contributed by atoms with van der Waals surface area (Å²) >= 11 is 1.69. The molecule has 1 atom stereocenters. The zero-order chi connectivity index (χ0) is 11.4. The molecule has 1 aromatic heterocycles. The molecule has 0 amide bonds. The Morgan fingerprint density at radius 3 is 2.88 bits per heavy atom. The topological polar surface area (TPSA) is 64.9 Å². The predicted molar refractivity (Wildman–Crippen MR) is 65.0 cm³/mol. The molecule has 1 aliphatic rings. The predicted octanol–water partition coefficient (Wildman–Crippen LogP) is 2.51. The molecule has 1 unspecified atom stereocenters. The van der Waals surface area contributed by atoms with E-state index < -0.39 is 0 Å². The van der Waals surface area contributed by atoms with E-state index >= 15 is 0 Å². The van der Waals surface area contributed by atoms with Crippen LogP contribution in [0.15, 0.2) is 4.52 Å². The summed E-state index contributed by atoms with van der Waals surface area (Å²) in [5, 5.41) is 3.93. The van der Waals surface area contributed by atoms with Crippen molar-refractivity contribution >= 4 is 11.8 Å². The first kappa shape index (κ1) is 11.9. The Labute approximate surface area is 100 Å². The highest BCUT2D eigenvalue weighted by molar-refractivity contribution is 7.97. The van der Waals surface area contributed by atoms with Crippen molar-refractivity contribution in [1.82, 2.24) is 10.1 Å². The Morgan fingerprint density at radius 1 is 1.44 bits per heavy atom. The summed E-state index contributed by atoms with van der Waals surface area (Å²) in [6.45, 7) is 0. The third-order valence-electron chi connectivity index (χ3n) is 3.20. The van der Waals surface area contributed by atoms with Crippen LogP contribution in [0.1, 0.15) is 49.9 Å². The summed E-state index contributed by atoms with van der Waals surface area (Å²) in [6.07, 6.45) is 8.32. The van der Waals surface area contributed by atoms with Crippen LogP contribution in [0.4, 0.5) is 0 Å². The Morgan fingerprint density at radius 2 is 2.19 bits per heavy atom. The number of nitrogens with two attached hydrogens (primary N) is 1. The average Bonchev–Trinajstić information content (AvgIpc) is 2.78. The fraction of sp³-hybridized carbons (Fsp3) is 0.818. The molecule has 2 N–H and O–H groups in total. The van der Waals surface area contributed by atoms with Gasteiger partial charge >= 0.3 is 0 Å². The second-order valence-corrected chi connectivity index (χ2v) is 5.27. The van der Waals surface area contributed by atoms with Crippen molar-refractivity contribution in [1.29, 1.82) is 0 Å². The molecule has 0 aromatic carbocycles. The molecule has 1 aromatic rings. The third kappa shape index (κ3) is 2.77. The normalized spacial score (nSPS) is 19.9. The van der Waals surface area contributed by atoms with Crippen LogP contribution < -0.4 is 5.73 Å². The summed E-state index contributed by atoms with van der Waals surface area (Å²) in [6, 6.07) is -0.0663. The first-order valence-corrected chi connectivity index (χ1v) is 7.27.